The van der Waals surface area contributed by atoms with E-state index in [0.717, 1.165) is 16.0 Å². The predicted octanol–water partition coefficient (Wildman–Crippen LogP) is 4.17. The molecule has 84 valence electrons. The van der Waals surface area contributed by atoms with E-state index in [2.05, 4.69) is 32.7 Å². The van der Waals surface area contributed by atoms with Crippen LogP contribution < -0.4 is 0 Å². The molecule has 0 bridgehead atoms. The van der Waals surface area contributed by atoms with E-state index in [9.17, 15) is 0 Å². The van der Waals surface area contributed by atoms with Gasteiger partial charge in [0.1, 0.15) is 0 Å². The van der Waals surface area contributed by atoms with Crippen molar-refractivity contribution in [3.63, 3.8) is 0 Å². The number of rotatable bonds is 1. The summed E-state index contributed by atoms with van der Waals surface area (Å²) >= 11 is 3.13. The molecule has 3 atom stereocenters. The van der Waals surface area contributed by atoms with Crippen LogP contribution in [0.1, 0.15) is 46.5 Å². The maximum absolute atomic E-state index is 6.11. The first-order valence-electron chi connectivity index (χ1n) is 6.20. The second-order valence-corrected chi connectivity index (χ2v) is 16.8. The monoisotopic (exact) mass is 462 g/mol. The van der Waals surface area contributed by atoms with Crippen molar-refractivity contribution in [3.05, 3.63) is 0 Å². The van der Waals surface area contributed by atoms with Gasteiger partial charge in [0.2, 0.25) is 0 Å². The minimum absolute atomic E-state index is 0.203. The fourth-order valence-electron chi connectivity index (χ4n) is 3.80. The van der Waals surface area contributed by atoms with Gasteiger partial charge in [-0.15, -0.1) is 0 Å². The van der Waals surface area contributed by atoms with Crippen LogP contribution >= 0.6 is 11.9 Å². The molecule has 2 aliphatic rings. The van der Waals surface area contributed by atoms with Gasteiger partial charge in [-0.3, -0.25) is 0 Å². The number of fused-ring (bicyclic) bond motifs is 1. The summed E-state index contributed by atoms with van der Waals surface area (Å²) in [6, 6.07) is 0. The van der Waals surface area contributed by atoms with Gasteiger partial charge in [0.25, 0.3) is 0 Å². The summed E-state index contributed by atoms with van der Waals surface area (Å²) in [5.74, 6) is 0.801. The minimum atomic E-state index is -0.771. The van der Waals surface area contributed by atoms with E-state index in [-0.39, 0.29) is 5.60 Å². The Labute approximate surface area is 111 Å². The van der Waals surface area contributed by atoms with Crippen LogP contribution in [0.3, 0.4) is 0 Å². The predicted molar refractivity (Wildman–Crippen MR) is 62.8 cm³/mol. The molecule has 2 fully saturated rings. The zero-order valence-electron chi connectivity index (χ0n) is 10.2. The Bertz CT molecular complexity index is 244. The summed E-state index contributed by atoms with van der Waals surface area (Å²) in [7, 11) is 0. The van der Waals surface area contributed by atoms with Crippen molar-refractivity contribution in [2.75, 3.05) is 6.61 Å². The van der Waals surface area contributed by atoms with Crippen molar-refractivity contribution in [1.29, 1.82) is 0 Å². The van der Waals surface area contributed by atoms with Gasteiger partial charge in [0.05, 0.1) is 0 Å². The van der Waals surface area contributed by atoms with Crippen LogP contribution in [-0.2, 0) is 26.9 Å². The van der Waals surface area contributed by atoms with E-state index >= 15 is 0 Å². The Morgan fingerprint density at radius 1 is 1.27 bits per heavy atom. The molecule has 15 heavy (non-hydrogen) atoms. The average molecular weight is 462 g/mol. The molecule has 1 saturated heterocycles. The number of ether oxygens (including phenoxy) is 1. The molecule has 0 aromatic rings. The third kappa shape index (κ3) is 2.20. The molecule has 0 amide bonds. The number of hydrogen-bond donors (Lipinski definition) is 0. The van der Waals surface area contributed by atoms with Gasteiger partial charge in [-0.05, 0) is 0 Å². The fraction of sp³-hybridized carbons (Fsp3) is 1.00. The molecule has 3 heteroatoms. The van der Waals surface area contributed by atoms with Gasteiger partial charge in [-0.2, -0.15) is 0 Å². The van der Waals surface area contributed by atoms with Gasteiger partial charge in [0, 0.05) is 0 Å². The zero-order chi connectivity index (χ0) is 11.1. The van der Waals surface area contributed by atoms with Crippen molar-refractivity contribution in [3.8, 4) is 0 Å². The second-order valence-electron chi connectivity index (χ2n) is 6.07. The van der Waals surface area contributed by atoms with Gasteiger partial charge in [-0.25, -0.2) is 0 Å². The van der Waals surface area contributed by atoms with Crippen LogP contribution in [0.4, 0.5) is 0 Å². The molecule has 0 aromatic heterocycles. The molecular weight excluding hydrogens is 441 g/mol. The first-order chi connectivity index (χ1) is 7.00. The molecule has 1 saturated carbocycles. The zero-order valence-corrected chi connectivity index (χ0v) is 17.3. The molecule has 0 radical (unpaired) electrons. The summed E-state index contributed by atoms with van der Waals surface area (Å²) in [6.45, 7) is 8.34. The van der Waals surface area contributed by atoms with E-state index in [1.807, 2.05) is 0 Å². The number of halogens is 1. The SMILES string of the molecule is CC1(C)[C@@H]([Hg][Br])CC[C@]2(C)OCCC[C@@H]12. The third-order valence-electron chi connectivity index (χ3n) is 4.93. The summed E-state index contributed by atoms with van der Waals surface area (Å²) in [4.78, 5) is 0. The van der Waals surface area contributed by atoms with Crippen molar-refractivity contribution < 1.29 is 26.9 Å². The summed E-state index contributed by atoms with van der Waals surface area (Å²) in [5, 5.41) is 0. The Balaban J connectivity index is 2.24. The summed E-state index contributed by atoms with van der Waals surface area (Å²) < 4.78 is 7.15. The van der Waals surface area contributed by atoms with E-state index < -0.39 is 22.1 Å². The molecule has 0 aromatic carbocycles. The van der Waals surface area contributed by atoms with Crippen LogP contribution in [0.25, 0.3) is 0 Å². The molecule has 1 heterocycles. The van der Waals surface area contributed by atoms with Gasteiger partial charge >= 0.3 is 112 Å². The van der Waals surface area contributed by atoms with Crippen LogP contribution in [0, 0.1) is 11.3 Å². The van der Waals surface area contributed by atoms with Gasteiger partial charge in [-0.1, -0.05) is 0 Å². The third-order valence-corrected chi connectivity index (χ3v) is 18.9. The maximum atomic E-state index is 6.11. The molecule has 1 nitrogen and oxygen atoms in total. The summed E-state index contributed by atoms with van der Waals surface area (Å²) in [6.07, 6.45) is 5.38. The van der Waals surface area contributed by atoms with Crippen molar-refractivity contribution in [2.24, 2.45) is 11.3 Å². The van der Waals surface area contributed by atoms with Crippen LogP contribution in [-0.4, -0.2) is 12.2 Å². The Morgan fingerprint density at radius 2 is 2.00 bits per heavy atom. The van der Waals surface area contributed by atoms with Crippen LogP contribution in [0.2, 0.25) is 3.43 Å². The van der Waals surface area contributed by atoms with Crippen LogP contribution in [0.15, 0.2) is 0 Å². The van der Waals surface area contributed by atoms with Crippen molar-refractivity contribution in [1.82, 2.24) is 0 Å². The normalized spacial score (nSPS) is 44.3. The fourth-order valence-corrected chi connectivity index (χ4v) is 18.0. The quantitative estimate of drug-likeness (QED) is 0.533. The molecule has 0 N–H and O–H groups in total. The first-order valence-corrected chi connectivity index (χ1v) is 21.3. The molecule has 1 aliphatic heterocycles. The van der Waals surface area contributed by atoms with Gasteiger partial charge in [0.15, 0.2) is 0 Å². The molecule has 0 unspecified atom stereocenters. The molecule has 1 aliphatic carbocycles. The van der Waals surface area contributed by atoms with Crippen LogP contribution in [0.5, 0.6) is 0 Å². The van der Waals surface area contributed by atoms with E-state index in [1.165, 1.54) is 25.7 Å². The van der Waals surface area contributed by atoms with E-state index in [1.54, 1.807) is 0 Å². The van der Waals surface area contributed by atoms with E-state index in [4.69, 9.17) is 4.74 Å². The topological polar surface area (TPSA) is 9.23 Å². The van der Waals surface area contributed by atoms with E-state index in [0.29, 0.717) is 5.41 Å². The Kier molecular flexibility index (Phi) is 3.90. The average Bonchev–Trinajstić information content (AvgIpc) is 2.17. The Morgan fingerprint density at radius 3 is 2.67 bits per heavy atom. The summed E-state index contributed by atoms with van der Waals surface area (Å²) in [5.41, 5.74) is 0.729. The second kappa shape index (κ2) is 4.57. The first kappa shape index (κ1) is 12.8. The molecule has 2 rings (SSSR count). The van der Waals surface area contributed by atoms with Crippen molar-refractivity contribution >= 4 is 11.9 Å². The standard InChI is InChI=1S/C12H21O.BrH.Hg/c1-11(2)7-5-8-12(3)10(11)6-4-9-13-12;;/h7,10H,4-6,8-9H2,1-3H3;1H;/q;;+1/p-1/t10-,12-;;/m0../s1. The number of hydrogen-bond acceptors (Lipinski definition) is 1. The Hall–Kier alpha value is 1.38. The molecule has 0 spiro atoms. The molecular formula is C12H21BrHgO. The van der Waals surface area contributed by atoms with Gasteiger partial charge < -0.3 is 0 Å². The van der Waals surface area contributed by atoms with Crippen molar-refractivity contribution in [2.45, 2.75) is 55.5 Å².